The van der Waals surface area contributed by atoms with Crippen LogP contribution in [0.4, 0.5) is 10.5 Å². The third-order valence-electron chi connectivity index (χ3n) is 7.87. The first-order valence-electron chi connectivity index (χ1n) is 14.6. The van der Waals surface area contributed by atoms with Gasteiger partial charge in [0.25, 0.3) is 0 Å². The quantitative estimate of drug-likeness (QED) is 0.0830. The summed E-state index contributed by atoms with van der Waals surface area (Å²) in [4.78, 5) is 56.9. The lowest BCUT2D eigenvalue weighted by Crippen LogP contribution is -2.56. The predicted molar refractivity (Wildman–Crippen MR) is 152 cm³/mol. The van der Waals surface area contributed by atoms with Gasteiger partial charge in [0, 0.05) is 43.9 Å². The number of carboxylic acids is 3. The monoisotopic (exact) mass is 651 g/mol. The number of benzene rings is 1. The molecular formula is C29H39N4O11S-3. The second-order valence-corrected chi connectivity index (χ2v) is 12.8. The highest BCUT2D eigenvalue weighted by Crippen LogP contribution is 2.40. The van der Waals surface area contributed by atoms with Crippen LogP contribution in [0.1, 0.15) is 84.1 Å². The molecule has 250 valence electrons. The standard InChI is InChI=1S/C29H42N4O11S/c1-18-29(2,3)20-17-19(45(42,43)44)11-13-23(20)33(18)16-8-4-5-10-24(34)30-15-7-6-9-21(26(37)38)31-28(41)32-22(27(39)40)12-14-25(35)36/h11,13,17,21-22H,4-10,12,14-16H2,1-3H3,(H6-,30,31,32,34,35,36,37,38,39,40,41,42,43,44)/p-3. The molecule has 3 amide bonds. The van der Waals surface area contributed by atoms with Crippen molar-refractivity contribution < 1.29 is 56.8 Å². The molecule has 15 nitrogen and oxygen atoms in total. The van der Waals surface area contributed by atoms with Crippen LogP contribution in [-0.4, -0.2) is 78.3 Å². The Kier molecular flexibility index (Phi) is 13.5. The average molecular weight is 652 g/mol. The van der Waals surface area contributed by atoms with Gasteiger partial charge in [0.15, 0.2) is 5.71 Å². The van der Waals surface area contributed by atoms with Crippen LogP contribution in [0.3, 0.4) is 0 Å². The van der Waals surface area contributed by atoms with Gasteiger partial charge < -0.3 is 50.2 Å². The fourth-order valence-corrected chi connectivity index (χ4v) is 5.54. The van der Waals surface area contributed by atoms with Crippen molar-refractivity contribution in [2.75, 3.05) is 13.1 Å². The summed E-state index contributed by atoms with van der Waals surface area (Å²) in [6, 6.07) is 0.173. The molecular weight excluding hydrogens is 612 g/mol. The van der Waals surface area contributed by atoms with Crippen LogP contribution in [0.25, 0.3) is 0 Å². The second-order valence-electron chi connectivity index (χ2n) is 11.4. The maximum Gasteiger partial charge on any atom is 0.315 e. The first-order valence-corrected chi connectivity index (χ1v) is 16.0. The van der Waals surface area contributed by atoms with Crippen molar-refractivity contribution in [3.63, 3.8) is 0 Å². The van der Waals surface area contributed by atoms with Crippen molar-refractivity contribution in [1.82, 2.24) is 16.0 Å². The number of aliphatic carboxylic acids is 3. The number of carbonyl (C=O) groups excluding carboxylic acids is 5. The van der Waals surface area contributed by atoms with Crippen LogP contribution in [0.2, 0.25) is 0 Å². The van der Waals surface area contributed by atoms with Crippen molar-refractivity contribution in [2.24, 2.45) is 0 Å². The molecule has 0 fully saturated rings. The number of carbonyl (C=O) groups is 5. The molecule has 1 heterocycles. The van der Waals surface area contributed by atoms with E-state index in [4.69, 9.17) is 0 Å². The van der Waals surface area contributed by atoms with E-state index in [0.29, 0.717) is 25.8 Å². The lowest BCUT2D eigenvalue weighted by molar-refractivity contribution is -0.439. The van der Waals surface area contributed by atoms with E-state index in [1.54, 1.807) is 6.07 Å². The molecule has 1 aliphatic rings. The maximum absolute atomic E-state index is 12.2. The summed E-state index contributed by atoms with van der Waals surface area (Å²) in [5.41, 5.74) is 2.22. The molecule has 0 aromatic heterocycles. The van der Waals surface area contributed by atoms with Crippen molar-refractivity contribution in [2.45, 2.75) is 101 Å². The number of nitrogens with zero attached hydrogens (tertiary/aromatic N) is 1. The summed E-state index contributed by atoms with van der Waals surface area (Å²) >= 11 is 0. The third-order valence-corrected chi connectivity index (χ3v) is 8.71. The van der Waals surface area contributed by atoms with E-state index in [-0.39, 0.29) is 30.2 Å². The minimum absolute atomic E-state index is 0.0540. The van der Waals surface area contributed by atoms with Crippen molar-refractivity contribution in [3.8, 4) is 0 Å². The average Bonchev–Trinajstić information content (AvgIpc) is 3.13. The highest BCUT2D eigenvalue weighted by Gasteiger charge is 2.43. The van der Waals surface area contributed by atoms with Crippen LogP contribution in [0.5, 0.6) is 0 Å². The Hall–Kier alpha value is -4.05. The molecule has 3 N–H and O–H groups in total. The summed E-state index contributed by atoms with van der Waals surface area (Å²) in [7, 11) is -4.57. The molecule has 0 bridgehead atoms. The molecule has 0 saturated heterocycles. The molecule has 0 aliphatic carbocycles. The molecule has 0 spiro atoms. The summed E-state index contributed by atoms with van der Waals surface area (Å²) in [5, 5.41) is 39.7. The number of carboxylic acid groups (broad SMARTS) is 3. The smallest absolute Gasteiger partial charge is 0.315 e. The van der Waals surface area contributed by atoms with E-state index in [1.165, 1.54) is 12.1 Å². The Morgan fingerprint density at radius 2 is 1.49 bits per heavy atom. The van der Waals surface area contributed by atoms with Gasteiger partial charge in [0.2, 0.25) is 11.6 Å². The van der Waals surface area contributed by atoms with Crippen LogP contribution >= 0.6 is 0 Å². The van der Waals surface area contributed by atoms with Gasteiger partial charge in [-0.1, -0.05) is 0 Å². The van der Waals surface area contributed by atoms with Crippen molar-refractivity contribution in [1.29, 1.82) is 0 Å². The summed E-state index contributed by atoms with van der Waals surface area (Å²) < 4.78 is 36.6. The number of nitrogens with one attached hydrogen (secondary N) is 3. The number of hydrogen-bond acceptors (Lipinski definition) is 11. The number of rotatable bonds is 19. The van der Waals surface area contributed by atoms with Crippen LogP contribution in [-0.2, 0) is 34.7 Å². The Balaban J connectivity index is 1.69. The fourth-order valence-electron chi connectivity index (χ4n) is 5.05. The Morgan fingerprint density at radius 1 is 0.867 bits per heavy atom. The van der Waals surface area contributed by atoms with E-state index >= 15 is 0 Å². The first kappa shape index (κ1) is 37.1. The Morgan fingerprint density at radius 3 is 2.07 bits per heavy atom. The zero-order valence-corrected chi connectivity index (χ0v) is 26.3. The molecule has 1 aromatic carbocycles. The zero-order valence-electron chi connectivity index (χ0n) is 25.5. The number of amides is 3. The van der Waals surface area contributed by atoms with Gasteiger partial charge in [-0.2, -0.15) is 4.58 Å². The molecule has 2 rings (SSSR count). The maximum atomic E-state index is 12.2. The van der Waals surface area contributed by atoms with Gasteiger partial charge in [-0.15, -0.1) is 0 Å². The van der Waals surface area contributed by atoms with Crippen LogP contribution in [0, 0.1) is 0 Å². The highest BCUT2D eigenvalue weighted by molar-refractivity contribution is 7.85. The largest absolute Gasteiger partial charge is 0.744 e. The Bertz CT molecular complexity index is 1420. The number of hydrogen-bond donors (Lipinski definition) is 3. The normalized spacial score (nSPS) is 15.1. The molecule has 16 heteroatoms. The SMILES string of the molecule is CC1=[N+](CCCCCC(=O)NCCCCC(NC(=O)NC(CCC(=O)[O-])C(=O)[O-])C(=O)[O-])c2ccc(S(=O)(=O)[O-])cc2C1(C)C. The second kappa shape index (κ2) is 16.3. The van der Waals surface area contributed by atoms with Gasteiger partial charge >= 0.3 is 6.03 Å². The molecule has 1 aromatic rings. The van der Waals surface area contributed by atoms with Gasteiger partial charge in [-0.25, -0.2) is 13.2 Å². The number of urea groups is 1. The van der Waals surface area contributed by atoms with Crippen molar-refractivity contribution >= 4 is 51.4 Å². The Labute approximate surface area is 261 Å². The van der Waals surface area contributed by atoms with E-state index in [0.717, 1.165) is 29.8 Å². The molecule has 1 aliphatic heterocycles. The number of fused-ring (bicyclic) bond motifs is 1. The molecule has 0 radical (unpaired) electrons. The lowest BCUT2D eigenvalue weighted by atomic mass is 9.82. The topological polar surface area (TPSA) is 251 Å². The summed E-state index contributed by atoms with van der Waals surface area (Å²) in [6.07, 6.45) is 1.93. The number of unbranched alkanes of at least 4 members (excludes halogenated alkanes) is 3. The van der Waals surface area contributed by atoms with Crippen LogP contribution in [0.15, 0.2) is 23.1 Å². The highest BCUT2D eigenvalue weighted by atomic mass is 32.2. The molecule has 45 heavy (non-hydrogen) atoms. The molecule has 2 unspecified atom stereocenters. The van der Waals surface area contributed by atoms with E-state index < -0.39 is 64.4 Å². The van der Waals surface area contributed by atoms with Gasteiger partial charge in [-0.05, 0) is 70.9 Å². The van der Waals surface area contributed by atoms with Gasteiger partial charge in [-0.3, -0.25) is 4.79 Å². The van der Waals surface area contributed by atoms with E-state index in [1.807, 2.05) is 26.1 Å². The van der Waals surface area contributed by atoms with Gasteiger partial charge in [0.05, 0.1) is 34.3 Å². The van der Waals surface area contributed by atoms with Crippen molar-refractivity contribution in [3.05, 3.63) is 23.8 Å². The minimum Gasteiger partial charge on any atom is -0.744 e. The van der Waals surface area contributed by atoms with E-state index in [2.05, 4.69) is 15.2 Å². The molecule has 2 atom stereocenters. The molecule has 0 saturated carbocycles. The third kappa shape index (κ3) is 11.1. The summed E-state index contributed by atoms with van der Waals surface area (Å²) in [5.74, 6) is -5.02. The lowest BCUT2D eigenvalue weighted by Gasteiger charge is -2.24. The first-order chi connectivity index (χ1) is 20.9. The van der Waals surface area contributed by atoms with Crippen LogP contribution < -0.4 is 31.3 Å². The minimum atomic E-state index is -4.57. The summed E-state index contributed by atoms with van der Waals surface area (Å²) in [6.45, 7) is 6.84. The van der Waals surface area contributed by atoms with Gasteiger partial charge in [0.1, 0.15) is 16.7 Å². The predicted octanol–water partition coefficient (Wildman–Crippen LogP) is -2.10. The zero-order chi connectivity index (χ0) is 33.9. The fraction of sp³-hybridized carbons (Fsp3) is 0.586. The van der Waals surface area contributed by atoms with E-state index in [9.17, 15) is 52.3 Å².